The molecule has 0 spiro atoms. The number of hydrogen-bond donors (Lipinski definition) is 8. The fourth-order valence-electron chi connectivity index (χ4n) is 3.70. The highest BCUT2D eigenvalue weighted by Gasteiger charge is 2.37. The van der Waals surface area contributed by atoms with Crippen molar-refractivity contribution in [3.05, 3.63) is 92.3 Å². The molecule has 51 heavy (non-hydrogen) atoms. The monoisotopic (exact) mass is 808 g/mol. The second kappa shape index (κ2) is 21.2. The lowest BCUT2D eigenvalue weighted by molar-refractivity contribution is -0.465. The van der Waals surface area contributed by atoms with Gasteiger partial charge in [-0.15, -0.1) is 0 Å². The normalized spacial score (nSPS) is 17.7. The summed E-state index contributed by atoms with van der Waals surface area (Å²) in [6.07, 6.45) is 14.4. The molecule has 0 radical (unpaired) electrons. The maximum Gasteiger partial charge on any atom is 0.481 e. The van der Waals surface area contributed by atoms with Crippen LogP contribution in [0.15, 0.2) is 82.2 Å². The van der Waals surface area contributed by atoms with Gasteiger partial charge in [-0.05, 0) is 76.4 Å². The quantitative estimate of drug-likeness (QED) is 0.0348. The van der Waals surface area contributed by atoms with E-state index >= 15 is 0 Å². The van der Waals surface area contributed by atoms with Crippen molar-refractivity contribution in [3.8, 4) is 0 Å². The maximum absolute atomic E-state index is 11.4. The van der Waals surface area contributed by atoms with Gasteiger partial charge >= 0.3 is 37.1 Å². The van der Waals surface area contributed by atoms with E-state index in [1.54, 1.807) is 19.1 Å². The van der Waals surface area contributed by atoms with E-state index in [0.29, 0.717) is 30.8 Å². The summed E-state index contributed by atoms with van der Waals surface area (Å²) in [5, 5.41) is 15.3. The number of nitrogens with one attached hydrogen (secondary N) is 2. The summed E-state index contributed by atoms with van der Waals surface area (Å²) in [4.78, 5) is 67.5. The van der Waals surface area contributed by atoms with Gasteiger partial charge < -0.3 is 44.8 Å². The largest absolute Gasteiger partial charge is 0.481 e. The van der Waals surface area contributed by atoms with Crippen LogP contribution < -0.4 is 10.8 Å². The van der Waals surface area contributed by atoms with Crippen molar-refractivity contribution in [1.82, 2.24) is 15.9 Å². The molecule has 290 valence electrons. The topological polar surface area (TPSA) is 306 Å². The third kappa shape index (κ3) is 21.6. The second-order valence-corrected chi connectivity index (χ2v) is 16.6. The fourth-order valence-corrected chi connectivity index (χ4v) is 6.76. The van der Waals surface area contributed by atoms with Crippen LogP contribution in [0, 0.1) is 10.1 Å². The first-order valence-electron chi connectivity index (χ1n) is 14.7. The van der Waals surface area contributed by atoms with Crippen molar-refractivity contribution in [2.45, 2.75) is 60.3 Å². The van der Waals surface area contributed by atoms with Gasteiger partial charge in [0.1, 0.15) is 0 Å². The van der Waals surface area contributed by atoms with Gasteiger partial charge in [-0.1, -0.05) is 51.5 Å². The van der Waals surface area contributed by atoms with Gasteiger partial charge in [0.15, 0.2) is 0 Å². The molecule has 0 aromatic heterocycles. The number of nitrogens with zero attached hydrogens (tertiary/aromatic N) is 2. The van der Waals surface area contributed by atoms with Crippen LogP contribution in [0.3, 0.4) is 0 Å². The molecule has 2 aliphatic rings. The van der Waals surface area contributed by atoms with E-state index in [1.165, 1.54) is 23.9 Å². The minimum atomic E-state index is -5.14. The Kier molecular flexibility index (Phi) is 19.4. The molecular weight excluding hydrogens is 764 g/mol. The molecule has 0 aromatic carbocycles. The average molecular weight is 809 g/mol. The summed E-state index contributed by atoms with van der Waals surface area (Å²) in [6.45, 7) is 9.37. The molecule has 2 aliphatic heterocycles. The number of fused-ring (bicyclic) bond motifs is 1. The molecule has 21 nitrogen and oxygen atoms in total. The molecule has 0 saturated heterocycles. The summed E-state index contributed by atoms with van der Waals surface area (Å²) in [5.74, 6) is -0.212. The SMILES string of the molecule is CC(=CCOP(=O)(O)OP(=O)(O)O)CCC=C(C)CNC1=CC=C([N+](=O)[O-])N2ONC=C12.CC(C)=CCC/C(C)=C/COP(=O)(O)OP(=O)(O)O. The Morgan fingerprint density at radius 1 is 0.824 bits per heavy atom. The van der Waals surface area contributed by atoms with Crippen molar-refractivity contribution >= 4 is 31.3 Å². The van der Waals surface area contributed by atoms with Crippen molar-refractivity contribution in [3.63, 3.8) is 0 Å². The zero-order chi connectivity index (χ0) is 39.0. The summed E-state index contributed by atoms with van der Waals surface area (Å²) in [6, 6.07) is 0. The summed E-state index contributed by atoms with van der Waals surface area (Å²) in [7, 11) is -19.8. The molecule has 0 bridgehead atoms. The number of nitro groups is 1. The predicted molar refractivity (Wildman–Crippen MR) is 182 cm³/mol. The minimum absolute atomic E-state index is 0.212. The lowest BCUT2D eigenvalue weighted by Gasteiger charge is -2.18. The highest BCUT2D eigenvalue weighted by atomic mass is 31.3. The van der Waals surface area contributed by atoms with Crippen molar-refractivity contribution in [2.75, 3.05) is 19.8 Å². The van der Waals surface area contributed by atoms with Crippen LogP contribution in [-0.4, -0.2) is 59.1 Å². The van der Waals surface area contributed by atoms with Gasteiger partial charge in [0.2, 0.25) is 5.70 Å². The van der Waals surface area contributed by atoms with Crippen molar-refractivity contribution < 1.29 is 75.2 Å². The summed E-state index contributed by atoms with van der Waals surface area (Å²) >= 11 is 0. The number of hydroxylamine groups is 3. The zero-order valence-electron chi connectivity index (χ0n) is 28.3. The molecule has 0 aliphatic carbocycles. The van der Waals surface area contributed by atoms with Crippen LogP contribution in [0.2, 0.25) is 0 Å². The van der Waals surface area contributed by atoms with Crippen LogP contribution in [-0.2, 0) is 40.9 Å². The van der Waals surface area contributed by atoms with Crippen molar-refractivity contribution in [2.24, 2.45) is 0 Å². The third-order valence-corrected chi connectivity index (χ3v) is 10.4. The van der Waals surface area contributed by atoms with E-state index < -0.39 is 36.2 Å². The zero-order valence-corrected chi connectivity index (χ0v) is 31.9. The van der Waals surface area contributed by atoms with E-state index in [4.69, 9.17) is 29.4 Å². The molecule has 25 heteroatoms. The van der Waals surface area contributed by atoms with Gasteiger partial charge in [-0.25, -0.2) is 23.7 Å². The van der Waals surface area contributed by atoms with Gasteiger partial charge in [-0.2, -0.15) is 8.62 Å². The minimum Gasteiger partial charge on any atom is -0.378 e. The van der Waals surface area contributed by atoms with Gasteiger partial charge in [0.25, 0.3) is 0 Å². The average Bonchev–Trinajstić information content (AvgIpc) is 3.43. The Bertz CT molecular complexity index is 1640. The molecule has 0 aromatic rings. The Hall–Kier alpha value is -2.54. The number of allylic oxidation sites excluding steroid dienone is 7. The first kappa shape index (κ1) is 46.5. The first-order valence-corrected chi connectivity index (χ1v) is 20.8. The molecule has 0 amide bonds. The van der Waals surface area contributed by atoms with Crippen LogP contribution in [0.4, 0.5) is 0 Å². The number of phosphoric acid groups is 4. The van der Waals surface area contributed by atoms with E-state index in [9.17, 15) is 33.3 Å². The van der Waals surface area contributed by atoms with E-state index in [0.717, 1.165) is 34.6 Å². The van der Waals surface area contributed by atoms with Crippen LogP contribution in [0.1, 0.15) is 60.3 Å². The molecule has 0 saturated carbocycles. The standard InChI is InChI=1S/C16H24N4O10P2.C10H20O7P2/c1-12(8-9-28-32(26,27)30-31(23,24)25)4-3-5-13(2)10-17-14-6-7-16(20(21)22)19-15(14)11-18-29-19;1-9(2)5-4-6-10(3)7-8-16-19(14,15)17-18(11,12)13/h5-8,11,17-18H,3-4,9-10H2,1-2H3,(H,26,27)(H2,23,24,25);5,7H,4,6,8H2,1-3H3,(H,14,15)(H2,11,12,13)/b;10-7+. The lowest BCUT2D eigenvalue weighted by Crippen LogP contribution is -2.31. The number of rotatable bonds is 20. The Balaban J connectivity index is 0.000000586. The molecule has 2 rings (SSSR count). The Labute approximate surface area is 294 Å². The fraction of sp³-hybridized carbons (Fsp3) is 0.462. The third-order valence-electron chi connectivity index (χ3n) is 6.07. The first-order chi connectivity index (χ1) is 23.4. The predicted octanol–water partition coefficient (Wildman–Crippen LogP) is 4.99. The van der Waals surface area contributed by atoms with E-state index in [1.807, 2.05) is 33.8 Å². The molecular formula is C26H44N4O17P4. The highest BCUT2D eigenvalue weighted by molar-refractivity contribution is 7.61. The van der Waals surface area contributed by atoms with Crippen LogP contribution in [0.25, 0.3) is 0 Å². The molecule has 2 unspecified atom stereocenters. The number of hydrogen-bond acceptors (Lipinski definition) is 14. The summed E-state index contributed by atoms with van der Waals surface area (Å²) < 4.78 is 59.6. The number of phosphoric ester groups is 2. The second-order valence-electron chi connectivity index (χ2n) is 10.9. The molecule has 2 heterocycles. The Morgan fingerprint density at radius 3 is 1.76 bits per heavy atom. The maximum atomic E-state index is 11.4. The van der Waals surface area contributed by atoms with Gasteiger partial charge in [-0.3, -0.25) is 9.05 Å². The van der Waals surface area contributed by atoms with Gasteiger partial charge in [0, 0.05) is 12.6 Å². The van der Waals surface area contributed by atoms with Gasteiger partial charge in [0.05, 0.1) is 25.1 Å². The van der Waals surface area contributed by atoms with E-state index in [2.05, 4.69) is 34.5 Å². The molecule has 2 atom stereocenters. The molecule has 0 fully saturated rings. The van der Waals surface area contributed by atoms with E-state index in [-0.39, 0.29) is 19.0 Å². The Morgan fingerprint density at radius 2 is 1.31 bits per heavy atom. The van der Waals surface area contributed by atoms with Crippen LogP contribution in [0.5, 0.6) is 0 Å². The lowest BCUT2D eigenvalue weighted by atomic mass is 10.1. The summed E-state index contributed by atoms with van der Waals surface area (Å²) in [5.41, 5.74) is 7.59. The highest BCUT2D eigenvalue weighted by Crippen LogP contribution is 2.58. The van der Waals surface area contributed by atoms with Crippen molar-refractivity contribution in [1.29, 1.82) is 0 Å². The smallest absolute Gasteiger partial charge is 0.378 e. The molecule has 8 N–H and O–H groups in total. The van der Waals surface area contributed by atoms with Crippen LogP contribution >= 0.6 is 31.3 Å².